The third-order valence-corrected chi connectivity index (χ3v) is 7.74. The first kappa shape index (κ1) is 20.9. The Morgan fingerprint density at radius 1 is 0.583 bits per heavy atom. The molecule has 7 rings (SSSR count). The van der Waals surface area contributed by atoms with Crippen molar-refractivity contribution < 1.29 is 4.57 Å². The van der Waals surface area contributed by atoms with E-state index in [1.54, 1.807) is 0 Å². The van der Waals surface area contributed by atoms with Crippen molar-refractivity contribution in [2.24, 2.45) is 7.05 Å². The van der Waals surface area contributed by atoms with E-state index in [0.29, 0.717) is 0 Å². The van der Waals surface area contributed by atoms with Gasteiger partial charge in [-0.15, -0.1) is 0 Å². The van der Waals surface area contributed by atoms with Crippen LogP contribution in [0.5, 0.6) is 0 Å². The number of pyridine rings is 1. The number of benzene rings is 5. The molecule has 2 heterocycles. The summed E-state index contributed by atoms with van der Waals surface area (Å²) in [6.07, 6.45) is 2.18. The Hall–Kier alpha value is -4.43. The zero-order chi connectivity index (χ0) is 24.4. The van der Waals surface area contributed by atoms with E-state index in [0.717, 1.165) is 0 Å². The van der Waals surface area contributed by atoms with Crippen LogP contribution >= 0.6 is 0 Å². The second kappa shape index (κ2) is 7.79. The number of nitrogens with zero attached hydrogens (tertiary/aromatic N) is 2. The van der Waals surface area contributed by atoms with Gasteiger partial charge in [0.1, 0.15) is 7.05 Å². The van der Waals surface area contributed by atoms with Crippen molar-refractivity contribution in [3.63, 3.8) is 0 Å². The summed E-state index contributed by atoms with van der Waals surface area (Å²) in [6, 6.07) is 37.6. The minimum Gasteiger partial charge on any atom is -0.309 e. The molecule has 5 aromatic carbocycles. The number of hydrogen-bond donors (Lipinski definition) is 0. The predicted molar refractivity (Wildman–Crippen MR) is 152 cm³/mol. The van der Waals surface area contributed by atoms with E-state index >= 15 is 0 Å². The van der Waals surface area contributed by atoms with E-state index in [-0.39, 0.29) is 0 Å². The number of fused-ring (bicyclic) bond motifs is 5. The number of aromatic nitrogens is 2. The summed E-state index contributed by atoms with van der Waals surface area (Å²) in [7, 11) is 2.16. The van der Waals surface area contributed by atoms with Crippen molar-refractivity contribution in [3.05, 3.63) is 120 Å². The lowest BCUT2D eigenvalue weighted by Gasteiger charge is -2.14. The number of para-hydroxylation sites is 2. The fourth-order valence-electron chi connectivity index (χ4n) is 5.97. The van der Waals surface area contributed by atoms with Gasteiger partial charge in [-0.3, -0.25) is 0 Å². The lowest BCUT2D eigenvalue weighted by atomic mass is 9.92. The highest BCUT2D eigenvalue weighted by Crippen LogP contribution is 2.37. The van der Waals surface area contributed by atoms with Gasteiger partial charge in [-0.05, 0) is 71.5 Å². The highest BCUT2D eigenvalue weighted by atomic mass is 15.0. The summed E-state index contributed by atoms with van der Waals surface area (Å²) in [6.45, 7) is 4.48. The smallest absolute Gasteiger partial charge is 0.220 e. The Balaban J connectivity index is 1.57. The molecule has 7 aromatic rings. The summed E-state index contributed by atoms with van der Waals surface area (Å²) in [5.74, 6) is 0. The molecule has 2 nitrogen and oxygen atoms in total. The fraction of sp³-hybridized carbons (Fsp3) is 0.0882. The monoisotopic (exact) mass is 463 g/mol. The molecule has 0 unspecified atom stereocenters. The molecule has 0 aliphatic heterocycles. The topological polar surface area (TPSA) is 8.81 Å². The molecule has 0 radical (unpaired) electrons. The van der Waals surface area contributed by atoms with Gasteiger partial charge in [0, 0.05) is 22.5 Å². The lowest BCUT2D eigenvalue weighted by molar-refractivity contribution is -0.659. The molecule has 0 aliphatic carbocycles. The molecule has 0 atom stereocenters. The van der Waals surface area contributed by atoms with Gasteiger partial charge in [0.15, 0.2) is 6.20 Å². The molecular weight excluding hydrogens is 436 g/mol. The number of aryl methyl sites for hydroxylation is 3. The highest BCUT2D eigenvalue weighted by molar-refractivity contribution is 6.09. The van der Waals surface area contributed by atoms with Gasteiger partial charge in [-0.1, -0.05) is 66.7 Å². The van der Waals surface area contributed by atoms with Gasteiger partial charge < -0.3 is 4.57 Å². The number of hydrogen-bond acceptors (Lipinski definition) is 0. The van der Waals surface area contributed by atoms with Crippen LogP contribution in [0, 0.1) is 13.8 Å². The van der Waals surface area contributed by atoms with Crippen molar-refractivity contribution in [1.29, 1.82) is 0 Å². The van der Waals surface area contributed by atoms with Crippen molar-refractivity contribution in [2.45, 2.75) is 13.8 Å². The van der Waals surface area contributed by atoms with Gasteiger partial charge in [-0.2, -0.15) is 0 Å². The van der Waals surface area contributed by atoms with Crippen molar-refractivity contribution >= 4 is 43.4 Å². The van der Waals surface area contributed by atoms with Crippen molar-refractivity contribution in [1.82, 2.24) is 4.57 Å². The zero-order valence-electron chi connectivity index (χ0n) is 20.8. The molecule has 0 spiro atoms. The molecule has 2 heteroatoms. The van der Waals surface area contributed by atoms with Gasteiger partial charge in [0.05, 0.1) is 22.0 Å². The second-order valence-corrected chi connectivity index (χ2v) is 9.83. The maximum Gasteiger partial charge on any atom is 0.220 e. The third-order valence-electron chi connectivity index (χ3n) is 7.74. The molecular formula is C34H27N2+. The molecule has 172 valence electrons. The van der Waals surface area contributed by atoms with Crippen LogP contribution in [0.4, 0.5) is 0 Å². The summed E-state index contributed by atoms with van der Waals surface area (Å²) < 4.78 is 4.67. The molecule has 0 N–H and O–H groups in total. The van der Waals surface area contributed by atoms with Crippen LogP contribution in [0.15, 0.2) is 109 Å². The van der Waals surface area contributed by atoms with E-state index in [1.165, 1.54) is 71.4 Å². The zero-order valence-corrected chi connectivity index (χ0v) is 20.8. The summed E-state index contributed by atoms with van der Waals surface area (Å²) in [5, 5.41) is 7.73. The molecule has 0 fully saturated rings. The van der Waals surface area contributed by atoms with Crippen molar-refractivity contribution in [3.8, 4) is 16.9 Å². The third kappa shape index (κ3) is 2.94. The average molecular weight is 464 g/mol. The molecule has 0 amide bonds. The lowest BCUT2D eigenvalue weighted by Crippen LogP contribution is -2.30. The van der Waals surface area contributed by atoms with Gasteiger partial charge in [0.25, 0.3) is 0 Å². The minimum absolute atomic E-state index is 1.18. The van der Waals surface area contributed by atoms with E-state index in [1.807, 2.05) is 0 Å². The summed E-state index contributed by atoms with van der Waals surface area (Å²) >= 11 is 0. The Labute approximate surface area is 210 Å². The Kier molecular flexibility index (Phi) is 4.52. The predicted octanol–water partition coefficient (Wildman–Crippen LogP) is 8.20. The minimum atomic E-state index is 1.18. The Bertz CT molecular complexity index is 1920. The molecule has 0 saturated carbocycles. The van der Waals surface area contributed by atoms with E-state index in [2.05, 4.69) is 139 Å². The van der Waals surface area contributed by atoms with Gasteiger partial charge in [-0.25, -0.2) is 4.57 Å². The average Bonchev–Trinajstić information content (AvgIpc) is 3.25. The Morgan fingerprint density at radius 2 is 1.19 bits per heavy atom. The standard InChI is InChI=1S/C34H27N2/c1-22-20-30(23(2)27-11-5-4-10-26(22)27)34-31-21-25(17-16-24(31)18-19-35(34)3)36-32-14-8-6-12-28(32)29-13-7-9-15-33(29)36/h4-21H,1-3H3/q+1. The quantitative estimate of drug-likeness (QED) is 0.229. The van der Waals surface area contributed by atoms with Crippen LogP contribution in [-0.2, 0) is 7.05 Å². The Morgan fingerprint density at radius 3 is 1.89 bits per heavy atom. The molecule has 0 aliphatic rings. The first-order valence-corrected chi connectivity index (χ1v) is 12.5. The SMILES string of the molecule is Cc1cc(-c2c3cc(-n4c5ccccc5c5ccccc54)ccc3cc[n+]2C)c(C)c2ccccc12. The van der Waals surface area contributed by atoms with Crippen LogP contribution < -0.4 is 4.57 Å². The second-order valence-electron chi connectivity index (χ2n) is 9.83. The van der Waals surface area contributed by atoms with E-state index in [9.17, 15) is 0 Å². The normalized spacial score (nSPS) is 11.8. The first-order chi connectivity index (χ1) is 17.6. The van der Waals surface area contributed by atoms with Gasteiger partial charge >= 0.3 is 0 Å². The molecule has 36 heavy (non-hydrogen) atoms. The van der Waals surface area contributed by atoms with E-state index in [4.69, 9.17) is 0 Å². The molecule has 2 aromatic heterocycles. The van der Waals surface area contributed by atoms with Crippen LogP contribution in [0.2, 0.25) is 0 Å². The van der Waals surface area contributed by atoms with Crippen molar-refractivity contribution in [2.75, 3.05) is 0 Å². The van der Waals surface area contributed by atoms with E-state index < -0.39 is 0 Å². The van der Waals surface area contributed by atoms with Crippen LogP contribution in [0.25, 0.3) is 60.3 Å². The largest absolute Gasteiger partial charge is 0.309 e. The van der Waals surface area contributed by atoms with Crippen LogP contribution in [0.3, 0.4) is 0 Å². The summed E-state index contributed by atoms with van der Waals surface area (Å²) in [5.41, 5.74) is 8.82. The number of rotatable bonds is 2. The van der Waals surface area contributed by atoms with Gasteiger partial charge in [0.2, 0.25) is 5.69 Å². The summed E-state index contributed by atoms with van der Waals surface area (Å²) in [4.78, 5) is 0. The first-order valence-electron chi connectivity index (χ1n) is 12.5. The highest BCUT2D eigenvalue weighted by Gasteiger charge is 2.21. The van der Waals surface area contributed by atoms with Crippen LogP contribution in [-0.4, -0.2) is 4.57 Å². The fourth-order valence-corrected chi connectivity index (χ4v) is 5.97. The molecule has 0 bridgehead atoms. The van der Waals surface area contributed by atoms with Crippen LogP contribution in [0.1, 0.15) is 11.1 Å². The maximum absolute atomic E-state index is 2.40. The molecule has 0 saturated heterocycles. The maximum atomic E-state index is 2.40.